The Balaban J connectivity index is 1.57. The van der Waals surface area contributed by atoms with Gasteiger partial charge in [0, 0.05) is 25.1 Å². The SMILES string of the molecule is O=C(Nc1cccnc1-n1cncn1)N1CCCCC1c1ncc[nH]1. The molecule has 0 aliphatic carbocycles. The smallest absolute Gasteiger partial charge is 0.322 e. The minimum Gasteiger partial charge on any atom is -0.347 e. The van der Waals surface area contributed by atoms with E-state index in [1.54, 1.807) is 37.1 Å². The molecule has 0 spiro atoms. The van der Waals surface area contributed by atoms with E-state index in [1.807, 2.05) is 4.90 Å². The van der Waals surface area contributed by atoms with E-state index in [2.05, 4.69) is 30.4 Å². The Morgan fingerprint density at radius 3 is 3.04 bits per heavy atom. The highest BCUT2D eigenvalue weighted by atomic mass is 16.2. The molecule has 1 aliphatic heterocycles. The average molecular weight is 338 g/mol. The Bertz CT molecular complexity index is 830. The third kappa shape index (κ3) is 3.08. The Labute approximate surface area is 144 Å². The van der Waals surface area contributed by atoms with Crippen LogP contribution in [0.2, 0.25) is 0 Å². The second-order valence-electron chi connectivity index (χ2n) is 5.82. The van der Waals surface area contributed by atoms with E-state index in [0.717, 1.165) is 25.1 Å². The maximum Gasteiger partial charge on any atom is 0.322 e. The number of nitrogens with one attached hydrogen (secondary N) is 2. The number of rotatable bonds is 3. The van der Waals surface area contributed by atoms with Gasteiger partial charge in [0.2, 0.25) is 0 Å². The van der Waals surface area contributed by atoms with Gasteiger partial charge in [-0.05, 0) is 31.4 Å². The first-order valence-corrected chi connectivity index (χ1v) is 8.20. The topological polar surface area (TPSA) is 105 Å². The largest absolute Gasteiger partial charge is 0.347 e. The number of H-pyrrole nitrogens is 1. The van der Waals surface area contributed by atoms with Crippen molar-refractivity contribution in [1.29, 1.82) is 0 Å². The Hall–Kier alpha value is -3.23. The molecule has 0 aromatic carbocycles. The predicted octanol–water partition coefficient (Wildman–Crippen LogP) is 2.14. The van der Waals surface area contributed by atoms with Crippen LogP contribution >= 0.6 is 0 Å². The predicted molar refractivity (Wildman–Crippen MR) is 90.1 cm³/mol. The normalized spacial score (nSPS) is 17.4. The van der Waals surface area contributed by atoms with E-state index in [9.17, 15) is 4.79 Å². The molecular formula is C16H18N8O. The van der Waals surface area contributed by atoms with Crippen molar-refractivity contribution >= 4 is 11.7 Å². The van der Waals surface area contributed by atoms with E-state index in [1.165, 1.54) is 11.0 Å². The number of likely N-dealkylation sites (tertiary alicyclic amines) is 1. The molecule has 9 nitrogen and oxygen atoms in total. The van der Waals surface area contributed by atoms with Gasteiger partial charge in [0.1, 0.15) is 18.5 Å². The number of aromatic amines is 1. The van der Waals surface area contributed by atoms with Gasteiger partial charge >= 0.3 is 6.03 Å². The second-order valence-corrected chi connectivity index (χ2v) is 5.82. The van der Waals surface area contributed by atoms with E-state index < -0.39 is 0 Å². The third-order valence-electron chi connectivity index (χ3n) is 4.26. The summed E-state index contributed by atoms with van der Waals surface area (Å²) in [4.78, 5) is 30.4. The molecular weight excluding hydrogens is 320 g/mol. The number of hydrogen-bond donors (Lipinski definition) is 2. The number of anilines is 1. The van der Waals surface area contributed by atoms with E-state index in [0.29, 0.717) is 18.1 Å². The zero-order valence-corrected chi connectivity index (χ0v) is 13.5. The molecule has 9 heteroatoms. The number of piperidine rings is 1. The van der Waals surface area contributed by atoms with Crippen LogP contribution in [0, 0.1) is 0 Å². The molecule has 4 heterocycles. The Morgan fingerprint density at radius 1 is 1.28 bits per heavy atom. The summed E-state index contributed by atoms with van der Waals surface area (Å²) >= 11 is 0. The molecule has 1 atom stereocenters. The lowest BCUT2D eigenvalue weighted by Gasteiger charge is -2.34. The van der Waals surface area contributed by atoms with Crippen molar-refractivity contribution < 1.29 is 4.79 Å². The van der Waals surface area contributed by atoms with Gasteiger partial charge < -0.3 is 15.2 Å². The number of carbonyl (C=O) groups is 1. The van der Waals surface area contributed by atoms with Gasteiger partial charge in [-0.2, -0.15) is 5.10 Å². The number of pyridine rings is 1. The molecule has 4 rings (SSSR count). The van der Waals surface area contributed by atoms with Crippen molar-refractivity contribution in [2.24, 2.45) is 0 Å². The number of amides is 2. The molecule has 1 aliphatic rings. The summed E-state index contributed by atoms with van der Waals surface area (Å²) in [5.41, 5.74) is 0.585. The quantitative estimate of drug-likeness (QED) is 0.761. The van der Waals surface area contributed by atoms with E-state index >= 15 is 0 Å². The van der Waals surface area contributed by atoms with Crippen LogP contribution in [0.5, 0.6) is 0 Å². The molecule has 2 N–H and O–H groups in total. The summed E-state index contributed by atoms with van der Waals surface area (Å²) in [6.07, 6.45) is 11.1. The summed E-state index contributed by atoms with van der Waals surface area (Å²) in [7, 11) is 0. The first-order valence-electron chi connectivity index (χ1n) is 8.20. The van der Waals surface area contributed by atoms with Gasteiger partial charge in [-0.25, -0.2) is 24.4 Å². The van der Waals surface area contributed by atoms with Gasteiger partial charge in [-0.3, -0.25) is 0 Å². The minimum atomic E-state index is -0.171. The summed E-state index contributed by atoms with van der Waals surface area (Å²) in [6, 6.07) is 3.36. The van der Waals surface area contributed by atoms with E-state index in [-0.39, 0.29) is 12.1 Å². The van der Waals surface area contributed by atoms with Crippen molar-refractivity contribution in [1.82, 2.24) is 34.6 Å². The van der Waals surface area contributed by atoms with Crippen molar-refractivity contribution in [3.8, 4) is 5.82 Å². The fourth-order valence-corrected chi connectivity index (χ4v) is 3.10. The first kappa shape index (κ1) is 15.3. The van der Waals surface area contributed by atoms with Crippen LogP contribution in [-0.2, 0) is 0 Å². The first-order chi connectivity index (χ1) is 12.3. The molecule has 1 saturated heterocycles. The molecule has 1 unspecified atom stereocenters. The molecule has 0 saturated carbocycles. The number of carbonyl (C=O) groups excluding carboxylic acids is 1. The van der Waals surface area contributed by atoms with Crippen LogP contribution in [0.25, 0.3) is 5.82 Å². The summed E-state index contributed by atoms with van der Waals surface area (Å²) in [5.74, 6) is 1.34. The summed E-state index contributed by atoms with van der Waals surface area (Å²) < 4.78 is 1.52. The average Bonchev–Trinajstić information content (AvgIpc) is 3.36. The van der Waals surface area contributed by atoms with Gasteiger partial charge in [-0.15, -0.1) is 0 Å². The van der Waals surface area contributed by atoms with Crippen LogP contribution in [0.3, 0.4) is 0 Å². The standard InChI is InChI=1S/C16H18N8O/c25-16(23-9-2-1-5-13(23)14-18-7-8-19-14)22-12-4-3-6-20-15(12)24-11-17-10-21-24/h3-4,6-8,10-11,13H,1-2,5,9H2,(H,18,19)(H,22,25). The fraction of sp³-hybridized carbons (Fsp3) is 0.312. The monoisotopic (exact) mass is 338 g/mol. The Morgan fingerprint density at radius 2 is 2.24 bits per heavy atom. The molecule has 25 heavy (non-hydrogen) atoms. The Kier molecular flexibility index (Phi) is 4.11. The number of aromatic nitrogens is 6. The van der Waals surface area contributed by atoms with Gasteiger partial charge in [0.05, 0.1) is 11.7 Å². The maximum absolute atomic E-state index is 12.9. The highest BCUT2D eigenvalue weighted by Crippen LogP contribution is 2.29. The van der Waals surface area contributed by atoms with Gasteiger partial charge in [-0.1, -0.05) is 0 Å². The van der Waals surface area contributed by atoms with Crippen molar-refractivity contribution in [2.45, 2.75) is 25.3 Å². The van der Waals surface area contributed by atoms with Crippen molar-refractivity contribution in [3.05, 3.63) is 49.2 Å². The molecule has 2 amide bonds. The highest BCUT2D eigenvalue weighted by molar-refractivity contribution is 5.91. The molecule has 128 valence electrons. The molecule has 3 aromatic rings. The second kappa shape index (κ2) is 6.71. The van der Waals surface area contributed by atoms with Crippen molar-refractivity contribution in [2.75, 3.05) is 11.9 Å². The number of hydrogen-bond acceptors (Lipinski definition) is 5. The molecule has 1 fully saturated rings. The lowest BCUT2D eigenvalue weighted by atomic mass is 10.0. The van der Waals surface area contributed by atoms with Crippen LogP contribution in [0.4, 0.5) is 10.5 Å². The van der Waals surface area contributed by atoms with E-state index in [4.69, 9.17) is 0 Å². The molecule has 0 bridgehead atoms. The third-order valence-corrected chi connectivity index (χ3v) is 4.26. The maximum atomic E-state index is 12.9. The van der Waals surface area contributed by atoms with Crippen LogP contribution in [-0.4, -0.2) is 47.2 Å². The van der Waals surface area contributed by atoms with Crippen LogP contribution in [0.15, 0.2) is 43.4 Å². The zero-order chi connectivity index (χ0) is 17.1. The van der Waals surface area contributed by atoms with Gasteiger partial charge in [0.15, 0.2) is 5.82 Å². The summed E-state index contributed by atoms with van der Waals surface area (Å²) in [6.45, 7) is 0.691. The number of nitrogens with zero attached hydrogens (tertiary/aromatic N) is 6. The fourth-order valence-electron chi connectivity index (χ4n) is 3.10. The number of imidazole rings is 1. The van der Waals surface area contributed by atoms with Crippen LogP contribution < -0.4 is 5.32 Å². The van der Waals surface area contributed by atoms with Crippen molar-refractivity contribution in [3.63, 3.8) is 0 Å². The minimum absolute atomic E-state index is 0.0461. The zero-order valence-electron chi connectivity index (χ0n) is 13.5. The summed E-state index contributed by atoms with van der Waals surface area (Å²) in [5, 5.41) is 7.04. The van der Waals surface area contributed by atoms with Gasteiger partial charge in [0.25, 0.3) is 0 Å². The lowest BCUT2D eigenvalue weighted by Crippen LogP contribution is -2.41. The van der Waals surface area contributed by atoms with Crippen LogP contribution in [0.1, 0.15) is 31.1 Å². The molecule has 3 aromatic heterocycles. The highest BCUT2D eigenvalue weighted by Gasteiger charge is 2.30. The number of urea groups is 1. The lowest BCUT2D eigenvalue weighted by molar-refractivity contribution is 0.160. The molecule has 0 radical (unpaired) electrons.